The quantitative estimate of drug-likeness (QED) is 0.292. The average molecular weight is 502 g/mol. The molecule has 1 atom stereocenters. The molecule has 34 heavy (non-hydrogen) atoms. The Bertz CT molecular complexity index is 1080. The Morgan fingerprint density at radius 2 is 1.68 bits per heavy atom. The van der Waals surface area contributed by atoms with Crippen LogP contribution in [0.4, 0.5) is 4.79 Å². The first-order chi connectivity index (χ1) is 16.0. The Kier molecular flexibility index (Phi) is 9.97. The number of rotatable bonds is 7. The van der Waals surface area contributed by atoms with Crippen LogP contribution in [0.15, 0.2) is 66.8 Å². The number of nitrogens with zero attached hydrogens (tertiary/aromatic N) is 1. The van der Waals surface area contributed by atoms with Crippen LogP contribution in [0.5, 0.6) is 5.75 Å². The molecule has 0 aliphatic rings. The van der Waals surface area contributed by atoms with Gasteiger partial charge < -0.3 is 9.47 Å². The fourth-order valence-electron chi connectivity index (χ4n) is 2.83. The lowest BCUT2D eigenvalue weighted by Gasteiger charge is -2.28. The van der Waals surface area contributed by atoms with Crippen LogP contribution in [0, 0.1) is 0 Å². The second-order valence-electron chi connectivity index (χ2n) is 8.45. The number of halogens is 2. The summed E-state index contributed by atoms with van der Waals surface area (Å²) in [6.07, 6.45) is 9.14. The van der Waals surface area contributed by atoms with E-state index < -0.39 is 23.6 Å². The Hall–Kier alpha value is -3.02. The van der Waals surface area contributed by atoms with Crippen molar-refractivity contribution in [3.05, 3.63) is 87.9 Å². The Balaban J connectivity index is 2.19. The van der Waals surface area contributed by atoms with Crippen molar-refractivity contribution in [2.24, 2.45) is 0 Å². The highest BCUT2D eigenvalue weighted by atomic mass is 35.5. The number of benzene rings is 2. The standard InChI is InChI=1S/C27H29Cl2NO4/c1-19(10-11-20-12-15-22(28)16-13-20)30(26(32)34-27(2,3)4)25(31)9-7-6-8-21-14-17-23(33-5)18-24(21)29/h6-19H,1-5H3/t19-/m1/s1. The molecule has 0 bridgehead atoms. The van der Waals surface area contributed by atoms with Gasteiger partial charge in [0, 0.05) is 11.1 Å². The molecule has 7 heteroatoms. The molecule has 0 N–H and O–H groups in total. The summed E-state index contributed by atoms with van der Waals surface area (Å²) in [7, 11) is 1.57. The van der Waals surface area contributed by atoms with Crippen molar-refractivity contribution in [1.29, 1.82) is 0 Å². The Morgan fingerprint density at radius 1 is 1.00 bits per heavy atom. The first kappa shape index (κ1) is 27.2. The summed E-state index contributed by atoms with van der Waals surface area (Å²) in [6.45, 7) is 6.99. The minimum absolute atomic E-state index is 0.506. The van der Waals surface area contributed by atoms with Crippen molar-refractivity contribution >= 4 is 47.4 Å². The summed E-state index contributed by atoms with van der Waals surface area (Å²) >= 11 is 12.2. The van der Waals surface area contributed by atoms with Crippen LogP contribution in [0.1, 0.15) is 38.8 Å². The van der Waals surface area contributed by atoms with E-state index in [4.69, 9.17) is 32.7 Å². The lowest BCUT2D eigenvalue weighted by Crippen LogP contribution is -2.44. The second kappa shape index (κ2) is 12.4. The molecular weight excluding hydrogens is 473 g/mol. The van der Waals surface area contributed by atoms with E-state index in [1.807, 2.05) is 24.3 Å². The van der Waals surface area contributed by atoms with Gasteiger partial charge in [0.15, 0.2) is 0 Å². The van der Waals surface area contributed by atoms with E-state index in [-0.39, 0.29) is 0 Å². The number of amides is 2. The Labute approximate surface area is 211 Å². The first-order valence-corrected chi connectivity index (χ1v) is 11.4. The second-order valence-corrected chi connectivity index (χ2v) is 9.29. The van der Waals surface area contributed by atoms with Crippen molar-refractivity contribution in [2.75, 3.05) is 7.11 Å². The SMILES string of the molecule is COc1ccc(C=CC=CC(=O)N(C(=O)OC(C)(C)C)[C@H](C)C=Cc2ccc(Cl)cc2)c(Cl)c1. The van der Waals surface area contributed by atoms with Crippen LogP contribution in [-0.4, -0.2) is 35.7 Å². The predicted octanol–water partition coefficient (Wildman–Crippen LogP) is 7.44. The molecule has 0 aromatic heterocycles. The summed E-state index contributed by atoms with van der Waals surface area (Å²) in [6, 6.07) is 12.0. The van der Waals surface area contributed by atoms with Crippen LogP contribution in [0.25, 0.3) is 12.2 Å². The molecule has 0 unspecified atom stereocenters. The lowest BCUT2D eigenvalue weighted by atomic mass is 10.1. The number of ether oxygens (including phenoxy) is 2. The summed E-state index contributed by atoms with van der Waals surface area (Å²) in [5.74, 6) is 0.148. The zero-order chi connectivity index (χ0) is 25.3. The average Bonchev–Trinajstić information content (AvgIpc) is 2.76. The number of hydrogen-bond donors (Lipinski definition) is 0. The zero-order valence-electron chi connectivity index (χ0n) is 19.9. The largest absolute Gasteiger partial charge is 0.497 e. The highest BCUT2D eigenvalue weighted by molar-refractivity contribution is 6.32. The van der Waals surface area contributed by atoms with Crippen molar-refractivity contribution in [3.63, 3.8) is 0 Å². The molecule has 2 aromatic carbocycles. The third-order valence-corrected chi connectivity index (χ3v) is 5.08. The summed E-state index contributed by atoms with van der Waals surface area (Å²) in [4.78, 5) is 26.8. The van der Waals surface area contributed by atoms with E-state index in [1.165, 1.54) is 6.08 Å². The highest BCUT2D eigenvalue weighted by Crippen LogP contribution is 2.23. The third kappa shape index (κ3) is 8.73. The minimum Gasteiger partial charge on any atom is -0.497 e. The monoisotopic (exact) mass is 501 g/mol. The topological polar surface area (TPSA) is 55.8 Å². The number of allylic oxidation sites excluding steroid dienone is 2. The van der Waals surface area contributed by atoms with E-state index in [0.717, 1.165) is 16.0 Å². The van der Waals surface area contributed by atoms with Crippen LogP contribution in [0.2, 0.25) is 10.0 Å². The van der Waals surface area contributed by atoms with Gasteiger partial charge in [0.25, 0.3) is 5.91 Å². The fourth-order valence-corrected chi connectivity index (χ4v) is 3.19. The van der Waals surface area contributed by atoms with Crippen LogP contribution in [-0.2, 0) is 9.53 Å². The number of carbonyl (C=O) groups is 2. The number of carbonyl (C=O) groups excluding carboxylic acids is 2. The van der Waals surface area contributed by atoms with Gasteiger partial charge in [-0.25, -0.2) is 9.69 Å². The molecule has 2 aromatic rings. The predicted molar refractivity (Wildman–Crippen MR) is 139 cm³/mol. The summed E-state index contributed by atoms with van der Waals surface area (Å²) in [5.41, 5.74) is 0.912. The maximum Gasteiger partial charge on any atom is 0.417 e. The first-order valence-electron chi connectivity index (χ1n) is 10.7. The van der Waals surface area contributed by atoms with Gasteiger partial charge in [-0.2, -0.15) is 0 Å². The zero-order valence-corrected chi connectivity index (χ0v) is 21.4. The molecule has 0 spiro atoms. The van der Waals surface area contributed by atoms with Crippen molar-refractivity contribution in [2.45, 2.75) is 39.3 Å². The summed E-state index contributed by atoms with van der Waals surface area (Å²) in [5, 5.41) is 1.15. The van der Waals surface area contributed by atoms with Gasteiger partial charge >= 0.3 is 6.09 Å². The highest BCUT2D eigenvalue weighted by Gasteiger charge is 2.29. The number of methoxy groups -OCH3 is 1. The van der Waals surface area contributed by atoms with Crippen molar-refractivity contribution in [1.82, 2.24) is 4.90 Å². The molecule has 5 nitrogen and oxygen atoms in total. The van der Waals surface area contributed by atoms with E-state index in [0.29, 0.717) is 15.8 Å². The maximum atomic E-state index is 12.9. The van der Waals surface area contributed by atoms with E-state index in [9.17, 15) is 9.59 Å². The Morgan fingerprint density at radius 3 is 2.26 bits per heavy atom. The van der Waals surface area contributed by atoms with E-state index in [2.05, 4.69) is 0 Å². The molecule has 0 heterocycles. The van der Waals surface area contributed by atoms with E-state index in [1.54, 1.807) is 83.4 Å². The van der Waals surface area contributed by atoms with Gasteiger partial charge in [-0.3, -0.25) is 4.79 Å². The molecule has 180 valence electrons. The fraction of sp³-hybridized carbons (Fsp3) is 0.259. The number of imide groups is 1. The molecule has 0 radical (unpaired) electrons. The van der Waals surface area contributed by atoms with Crippen LogP contribution < -0.4 is 4.74 Å². The van der Waals surface area contributed by atoms with Crippen molar-refractivity contribution < 1.29 is 19.1 Å². The molecule has 2 amide bonds. The number of hydrogen-bond acceptors (Lipinski definition) is 4. The normalized spacial score (nSPS) is 12.9. The maximum absolute atomic E-state index is 12.9. The molecular formula is C27H29Cl2NO4. The van der Waals surface area contributed by atoms with Gasteiger partial charge in [0.2, 0.25) is 0 Å². The van der Waals surface area contributed by atoms with Crippen molar-refractivity contribution in [3.8, 4) is 5.75 Å². The molecule has 2 rings (SSSR count). The minimum atomic E-state index is -0.746. The van der Waals surface area contributed by atoms with Gasteiger partial charge in [0.05, 0.1) is 18.2 Å². The van der Waals surface area contributed by atoms with E-state index >= 15 is 0 Å². The molecule has 0 aliphatic heterocycles. The van der Waals surface area contributed by atoms with Crippen LogP contribution >= 0.6 is 23.2 Å². The van der Waals surface area contributed by atoms with Gasteiger partial charge in [-0.1, -0.05) is 65.7 Å². The lowest BCUT2D eigenvalue weighted by molar-refractivity contribution is -0.126. The van der Waals surface area contributed by atoms with Crippen LogP contribution in [0.3, 0.4) is 0 Å². The van der Waals surface area contributed by atoms with Gasteiger partial charge in [-0.15, -0.1) is 0 Å². The third-order valence-electron chi connectivity index (χ3n) is 4.51. The molecule has 0 aliphatic carbocycles. The molecule has 0 saturated carbocycles. The van der Waals surface area contributed by atoms with Gasteiger partial charge in [-0.05, 0) is 69.2 Å². The molecule has 0 fully saturated rings. The smallest absolute Gasteiger partial charge is 0.417 e. The molecule has 0 saturated heterocycles. The van der Waals surface area contributed by atoms with Gasteiger partial charge in [0.1, 0.15) is 11.4 Å². The summed E-state index contributed by atoms with van der Waals surface area (Å²) < 4.78 is 10.6.